The summed E-state index contributed by atoms with van der Waals surface area (Å²) in [5.74, 6) is -0.770. The lowest BCUT2D eigenvalue weighted by atomic mass is 10.1. The van der Waals surface area contributed by atoms with Crippen molar-refractivity contribution in [3.05, 3.63) is 30.3 Å². The van der Waals surface area contributed by atoms with Crippen LogP contribution in [0.5, 0.6) is 0 Å². The van der Waals surface area contributed by atoms with Gasteiger partial charge in [0.15, 0.2) is 0 Å². The summed E-state index contributed by atoms with van der Waals surface area (Å²) in [4.78, 5) is 28.2. The first kappa shape index (κ1) is 15.5. The average molecular weight is 289 g/mol. The van der Waals surface area contributed by atoms with Crippen molar-refractivity contribution >= 4 is 17.5 Å². The van der Waals surface area contributed by atoms with E-state index in [4.69, 9.17) is 0 Å². The molecule has 2 amide bonds. The molecule has 1 aromatic carbocycles. The topological polar surface area (TPSA) is 52.7 Å². The van der Waals surface area contributed by atoms with Crippen LogP contribution in [0.15, 0.2) is 30.3 Å². The van der Waals surface area contributed by atoms with Crippen LogP contribution in [0.3, 0.4) is 0 Å². The first-order valence-electron chi connectivity index (χ1n) is 7.38. The zero-order valence-corrected chi connectivity index (χ0v) is 12.7. The van der Waals surface area contributed by atoms with Gasteiger partial charge in [0, 0.05) is 18.8 Å². The molecule has 1 aromatic rings. The van der Waals surface area contributed by atoms with Crippen LogP contribution in [0.1, 0.15) is 12.8 Å². The molecule has 1 N–H and O–H groups in total. The van der Waals surface area contributed by atoms with Crippen molar-refractivity contribution in [2.45, 2.75) is 12.8 Å². The molecule has 1 aliphatic rings. The molecule has 0 spiro atoms. The number of amides is 2. The van der Waals surface area contributed by atoms with Crippen LogP contribution in [0.4, 0.5) is 5.69 Å². The average Bonchev–Trinajstić information content (AvgIpc) is 2.86. The van der Waals surface area contributed by atoms with Gasteiger partial charge in [0.05, 0.1) is 0 Å². The van der Waals surface area contributed by atoms with Crippen molar-refractivity contribution in [2.24, 2.45) is 5.92 Å². The van der Waals surface area contributed by atoms with Crippen molar-refractivity contribution in [1.82, 2.24) is 10.2 Å². The molecule has 21 heavy (non-hydrogen) atoms. The largest absolute Gasteiger partial charge is 0.355 e. The van der Waals surface area contributed by atoms with E-state index in [2.05, 4.69) is 10.2 Å². The van der Waals surface area contributed by atoms with E-state index in [1.165, 1.54) is 0 Å². The number of hydrogen-bond acceptors (Lipinski definition) is 3. The van der Waals surface area contributed by atoms with Gasteiger partial charge in [-0.25, -0.2) is 0 Å². The van der Waals surface area contributed by atoms with E-state index in [1.807, 2.05) is 44.4 Å². The van der Waals surface area contributed by atoms with E-state index in [0.29, 0.717) is 19.5 Å². The van der Waals surface area contributed by atoms with Crippen LogP contribution in [0.25, 0.3) is 0 Å². The third kappa shape index (κ3) is 4.04. The van der Waals surface area contributed by atoms with Crippen molar-refractivity contribution in [3.63, 3.8) is 0 Å². The van der Waals surface area contributed by atoms with Crippen molar-refractivity contribution in [2.75, 3.05) is 38.6 Å². The minimum absolute atomic E-state index is 0.0914. The minimum Gasteiger partial charge on any atom is -0.355 e. The Balaban J connectivity index is 1.85. The van der Waals surface area contributed by atoms with Gasteiger partial charge in [0.2, 0.25) is 11.8 Å². The quantitative estimate of drug-likeness (QED) is 0.630. The predicted octanol–water partition coefficient (Wildman–Crippen LogP) is 1.11. The van der Waals surface area contributed by atoms with Crippen LogP contribution >= 0.6 is 0 Å². The van der Waals surface area contributed by atoms with Crippen molar-refractivity contribution < 1.29 is 9.59 Å². The Bertz CT molecular complexity index is 488. The molecule has 0 aliphatic carbocycles. The van der Waals surface area contributed by atoms with Crippen LogP contribution in [-0.4, -0.2) is 50.4 Å². The zero-order chi connectivity index (χ0) is 15.2. The summed E-state index contributed by atoms with van der Waals surface area (Å²) in [5.41, 5.74) is 0.866. The Kier molecular flexibility index (Phi) is 5.33. The van der Waals surface area contributed by atoms with E-state index in [1.54, 1.807) is 4.90 Å². The lowest BCUT2D eigenvalue weighted by Crippen LogP contribution is -2.37. The van der Waals surface area contributed by atoms with Crippen molar-refractivity contribution in [3.8, 4) is 0 Å². The Morgan fingerprint density at radius 1 is 1.33 bits per heavy atom. The van der Waals surface area contributed by atoms with Crippen molar-refractivity contribution in [1.29, 1.82) is 0 Å². The Morgan fingerprint density at radius 2 is 2.05 bits per heavy atom. The number of para-hydroxylation sites is 1. The SMILES string of the molecule is CN(C)CCCNC(=O)C1CCN(c2ccccc2)C1=O. The van der Waals surface area contributed by atoms with E-state index in [9.17, 15) is 9.59 Å². The van der Waals surface area contributed by atoms with Crippen LogP contribution < -0.4 is 10.2 Å². The molecule has 0 aromatic heterocycles. The Labute approximate surface area is 125 Å². The molecule has 114 valence electrons. The number of anilines is 1. The van der Waals surface area contributed by atoms with Gasteiger partial charge in [-0.1, -0.05) is 18.2 Å². The second-order valence-electron chi connectivity index (χ2n) is 5.61. The fourth-order valence-corrected chi connectivity index (χ4v) is 2.52. The third-order valence-electron chi connectivity index (χ3n) is 3.67. The van der Waals surface area contributed by atoms with E-state index in [-0.39, 0.29) is 11.8 Å². The maximum Gasteiger partial charge on any atom is 0.239 e. The van der Waals surface area contributed by atoms with E-state index in [0.717, 1.165) is 18.7 Å². The highest BCUT2D eigenvalue weighted by Gasteiger charge is 2.37. The zero-order valence-electron chi connectivity index (χ0n) is 12.7. The standard InChI is InChI=1S/C16H23N3O2/c1-18(2)11-6-10-17-15(20)14-9-12-19(16(14)21)13-7-4-3-5-8-13/h3-5,7-8,14H,6,9-12H2,1-2H3,(H,17,20). The molecule has 1 heterocycles. The molecule has 1 atom stereocenters. The third-order valence-corrected chi connectivity index (χ3v) is 3.67. The number of nitrogens with zero attached hydrogens (tertiary/aromatic N) is 2. The molecule has 1 aliphatic heterocycles. The number of carbonyl (C=O) groups excluding carboxylic acids is 2. The van der Waals surface area contributed by atoms with Gasteiger partial charge in [-0.05, 0) is 45.6 Å². The summed E-state index contributed by atoms with van der Waals surface area (Å²) in [5, 5.41) is 2.87. The maximum atomic E-state index is 12.3. The van der Waals surface area contributed by atoms with Gasteiger partial charge >= 0.3 is 0 Å². The van der Waals surface area contributed by atoms with Crippen LogP contribution in [-0.2, 0) is 9.59 Å². The minimum atomic E-state index is -0.537. The maximum absolute atomic E-state index is 12.3. The molecular weight excluding hydrogens is 266 g/mol. The summed E-state index contributed by atoms with van der Waals surface area (Å²) >= 11 is 0. The first-order valence-corrected chi connectivity index (χ1v) is 7.38. The molecule has 5 heteroatoms. The summed E-state index contributed by atoms with van der Waals surface area (Å²) in [6.45, 7) is 2.15. The number of carbonyl (C=O) groups is 2. The first-order chi connectivity index (χ1) is 10.1. The van der Waals surface area contributed by atoms with E-state index >= 15 is 0 Å². The normalized spacial score (nSPS) is 18.3. The molecule has 1 saturated heterocycles. The molecule has 2 rings (SSSR count). The lowest BCUT2D eigenvalue weighted by molar-refractivity contribution is -0.132. The van der Waals surface area contributed by atoms with Crippen LogP contribution in [0, 0.1) is 5.92 Å². The number of rotatable bonds is 6. The fourth-order valence-electron chi connectivity index (χ4n) is 2.52. The second kappa shape index (κ2) is 7.22. The highest BCUT2D eigenvalue weighted by Crippen LogP contribution is 2.24. The predicted molar refractivity (Wildman–Crippen MR) is 83.1 cm³/mol. The highest BCUT2D eigenvalue weighted by molar-refractivity contribution is 6.09. The van der Waals surface area contributed by atoms with Gasteiger partial charge < -0.3 is 15.1 Å². The molecule has 0 bridgehead atoms. The molecule has 1 fully saturated rings. The number of benzene rings is 1. The molecule has 1 unspecified atom stereocenters. The van der Waals surface area contributed by atoms with Gasteiger partial charge in [-0.3, -0.25) is 9.59 Å². The second-order valence-corrected chi connectivity index (χ2v) is 5.61. The fraction of sp³-hybridized carbons (Fsp3) is 0.500. The molecule has 5 nitrogen and oxygen atoms in total. The van der Waals surface area contributed by atoms with Gasteiger partial charge in [-0.15, -0.1) is 0 Å². The van der Waals surface area contributed by atoms with Gasteiger partial charge in [0.1, 0.15) is 5.92 Å². The number of hydrogen-bond donors (Lipinski definition) is 1. The van der Waals surface area contributed by atoms with Gasteiger partial charge in [0.25, 0.3) is 0 Å². The van der Waals surface area contributed by atoms with E-state index < -0.39 is 5.92 Å². The lowest BCUT2D eigenvalue weighted by Gasteiger charge is -2.16. The Morgan fingerprint density at radius 3 is 2.71 bits per heavy atom. The van der Waals surface area contributed by atoms with Gasteiger partial charge in [-0.2, -0.15) is 0 Å². The number of nitrogens with one attached hydrogen (secondary N) is 1. The Hall–Kier alpha value is -1.88. The monoisotopic (exact) mass is 289 g/mol. The summed E-state index contributed by atoms with van der Waals surface area (Å²) in [7, 11) is 4.00. The van der Waals surface area contributed by atoms with Crippen LogP contribution in [0.2, 0.25) is 0 Å². The summed E-state index contributed by atoms with van der Waals surface area (Å²) in [6, 6.07) is 9.51. The smallest absolute Gasteiger partial charge is 0.239 e. The summed E-state index contributed by atoms with van der Waals surface area (Å²) in [6.07, 6.45) is 1.48. The molecule has 0 saturated carbocycles. The highest BCUT2D eigenvalue weighted by atomic mass is 16.2. The molecular formula is C16H23N3O2. The molecule has 0 radical (unpaired) electrons. The summed E-state index contributed by atoms with van der Waals surface area (Å²) < 4.78 is 0.